The number of benzene rings is 1. The summed E-state index contributed by atoms with van der Waals surface area (Å²) < 4.78 is 5.72. The van der Waals surface area contributed by atoms with Crippen molar-refractivity contribution in [2.45, 2.75) is 33.4 Å². The molecule has 0 saturated carbocycles. The first-order valence-corrected chi connectivity index (χ1v) is 7.62. The van der Waals surface area contributed by atoms with Crippen molar-refractivity contribution < 1.29 is 4.74 Å². The van der Waals surface area contributed by atoms with Crippen molar-refractivity contribution in [2.75, 3.05) is 6.61 Å². The molecule has 0 radical (unpaired) electrons. The molecule has 4 heteroatoms. The predicted molar refractivity (Wildman–Crippen MR) is 87.5 cm³/mol. The predicted octanol–water partition coefficient (Wildman–Crippen LogP) is 4.06. The van der Waals surface area contributed by atoms with E-state index >= 15 is 0 Å². The summed E-state index contributed by atoms with van der Waals surface area (Å²) in [5.74, 6) is 0. The number of thioether (sulfide) groups is 1. The molecule has 1 aliphatic rings. The van der Waals surface area contributed by atoms with Gasteiger partial charge in [-0.15, -0.1) is 0 Å². The van der Waals surface area contributed by atoms with Gasteiger partial charge >= 0.3 is 0 Å². The van der Waals surface area contributed by atoms with Gasteiger partial charge in [0.2, 0.25) is 0 Å². The van der Waals surface area contributed by atoms with Gasteiger partial charge in [0.15, 0.2) is 0 Å². The molecule has 0 aromatic heterocycles. The molecule has 0 saturated heterocycles. The number of allylic oxidation sites excluding steroid dienone is 1. The fourth-order valence-electron chi connectivity index (χ4n) is 1.78. The summed E-state index contributed by atoms with van der Waals surface area (Å²) in [4.78, 5) is 9.14. The highest BCUT2D eigenvalue weighted by molar-refractivity contribution is 8.27. The molecule has 0 N–H and O–H groups in total. The van der Waals surface area contributed by atoms with E-state index in [-0.39, 0.29) is 6.04 Å². The molecule has 3 nitrogen and oxygen atoms in total. The molecule has 2 rings (SSSR count). The standard InChI is InChI=1S/C16H20N2OS/c1-4-14-16(17-12(2)3)20-15(18-14)11-19-10-13-8-6-5-7-9-13/h4-9,12H,10-11H2,1-3H3/b14-4+,17-16+. The minimum absolute atomic E-state index is 0.284. The van der Waals surface area contributed by atoms with Crippen LogP contribution in [0.2, 0.25) is 0 Å². The summed E-state index contributed by atoms with van der Waals surface area (Å²) in [5.41, 5.74) is 2.14. The van der Waals surface area contributed by atoms with E-state index in [9.17, 15) is 0 Å². The number of ether oxygens (including phenoxy) is 1. The largest absolute Gasteiger partial charge is 0.370 e. The maximum absolute atomic E-state index is 5.72. The Bertz CT molecular complexity index is 533. The number of nitrogens with zero attached hydrogens (tertiary/aromatic N) is 2. The second-order valence-electron chi connectivity index (χ2n) is 4.79. The van der Waals surface area contributed by atoms with E-state index < -0.39 is 0 Å². The summed E-state index contributed by atoms with van der Waals surface area (Å²) in [6, 6.07) is 10.5. The third-order valence-corrected chi connectivity index (χ3v) is 3.62. The quantitative estimate of drug-likeness (QED) is 0.818. The summed E-state index contributed by atoms with van der Waals surface area (Å²) in [6.07, 6.45) is 2.00. The maximum Gasteiger partial charge on any atom is 0.122 e. The van der Waals surface area contributed by atoms with E-state index in [1.54, 1.807) is 11.8 Å². The summed E-state index contributed by atoms with van der Waals surface area (Å²) in [7, 11) is 0. The lowest BCUT2D eigenvalue weighted by atomic mass is 10.2. The second kappa shape index (κ2) is 7.41. The molecule has 0 bridgehead atoms. The lowest BCUT2D eigenvalue weighted by molar-refractivity contribution is 0.159. The molecule has 0 spiro atoms. The summed E-state index contributed by atoms with van der Waals surface area (Å²) in [6.45, 7) is 7.29. The van der Waals surface area contributed by atoms with Crippen LogP contribution in [0.3, 0.4) is 0 Å². The molecular formula is C16H20N2OS. The van der Waals surface area contributed by atoms with Gasteiger partial charge in [-0.3, -0.25) is 4.99 Å². The topological polar surface area (TPSA) is 34.0 Å². The first-order valence-electron chi connectivity index (χ1n) is 6.80. The Kier molecular flexibility index (Phi) is 5.56. The van der Waals surface area contributed by atoms with Crippen LogP contribution in [-0.4, -0.2) is 22.7 Å². The average Bonchev–Trinajstić information content (AvgIpc) is 2.81. The van der Waals surface area contributed by atoms with Gasteiger partial charge in [-0.2, -0.15) is 0 Å². The molecule has 0 atom stereocenters. The van der Waals surface area contributed by atoms with E-state index in [0.717, 1.165) is 15.8 Å². The fraction of sp³-hybridized carbons (Fsp3) is 0.375. The Morgan fingerprint density at radius 3 is 2.65 bits per heavy atom. The van der Waals surface area contributed by atoms with Crippen LogP contribution in [-0.2, 0) is 11.3 Å². The van der Waals surface area contributed by atoms with Gasteiger partial charge in [0.05, 0.1) is 18.9 Å². The van der Waals surface area contributed by atoms with Crippen LogP contribution in [0.1, 0.15) is 26.3 Å². The van der Waals surface area contributed by atoms with Crippen molar-refractivity contribution in [3.05, 3.63) is 47.7 Å². The van der Waals surface area contributed by atoms with Gasteiger partial charge in [-0.25, -0.2) is 4.99 Å². The second-order valence-corrected chi connectivity index (χ2v) is 5.85. The molecule has 0 fully saturated rings. The first kappa shape index (κ1) is 15.0. The first-order chi connectivity index (χ1) is 9.69. The number of rotatable bonds is 5. The highest BCUT2D eigenvalue weighted by Gasteiger charge is 2.19. The van der Waals surface area contributed by atoms with E-state index in [4.69, 9.17) is 4.74 Å². The molecule has 1 aliphatic heterocycles. The Morgan fingerprint density at radius 2 is 2.00 bits per heavy atom. The Morgan fingerprint density at radius 1 is 1.25 bits per heavy atom. The van der Waals surface area contributed by atoms with Crippen molar-refractivity contribution in [2.24, 2.45) is 9.98 Å². The van der Waals surface area contributed by atoms with Crippen LogP contribution in [0.25, 0.3) is 0 Å². The van der Waals surface area contributed by atoms with Gasteiger partial charge in [0.25, 0.3) is 0 Å². The third-order valence-electron chi connectivity index (χ3n) is 2.66. The zero-order valence-corrected chi connectivity index (χ0v) is 13.0. The molecule has 1 aromatic rings. The average molecular weight is 288 g/mol. The fourth-order valence-corrected chi connectivity index (χ4v) is 2.82. The smallest absolute Gasteiger partial charge is 0.122 e. The molecule has 106 valence electrons. The van der Waals surface area contributed by atoms with Crippen LogP contribution in [0.15, 0.2) is 52.1 Å². The molecular weight excluding hydrogens is 268 g/mol. The van der Waals surface area contributed by atoms with Crippen LogP contribution < -0.4 is 0 Å². The third kappa shape index (κ3) is 4.32. The van der Waals surface area contributed by atoms with Gasteiger partial charge < -0.3 is 4.74 Å². The van der Waals surface area contributed by atoms with Crippen LogP contribution in [0.4, 0.5) is 0 Å². The van der Waals surface area contributed by atoms with Gasteiger partial charge in [0.1, 0.15) is 10.1 Å². The van der Waals surface area contributed by atoms with Crippen LogP contribution >= 0.6 is 11.8 Å². The number of aliphatic imine (C=N–C) groups is 2. The van der Waals surface area contributed by atoms with Crippen molar-refractivity contribution in [1.82, 2.24) is 0 Å². The highest BCUT2D eigenvalue weighted by atomic mass is 32.2. The van der Waals surface area contributed by atoms with Crippen molar-refractivity contribution in [3.8, 4) is 0 Å². The highest BCUT2D eigenvalue weighted by Crippen LogP contribution is 2.25. The molecule has 0 amide bonds. The lowest BCUT2D eigenvalue weighted by Crippen LogP contribution is -2.04. The van der Waals surface area contributed by atoms with E-state index in [0.29, 0.717) is 13.2 Å². The maximum atomic E-state index is 5.72. The minimum atomic E-state index is 0.284. The minimum Gasteiger partial charge on any atom is -0.370 e. The summed E-state index contributed by atoms with van der Waals surface area (Å²) >= 11 is 1.61. The normalized spacial score (nSPS) is 19.1. The zero-order chi connectivity index (χ0) is 14.4. The zero-order valence-electron chi connectivity index (χ0n) is 12.2. The Balaban J connectivity index is 1.88. The summed E-state index contributed by atoms with van der Waals surface area (Å²) in [5, 5.41) is 1.98. The Hall–Kier alpha value is -1.39. The van der Waals surface area contributed by atoms with Crippen molar-refractivity contribution in [1.29, 1.82) is 0 Å². The Labute approximate surface area is 124 Å². The molecule has 0 aliphatic carbocycles. The lowest BCUT2D eigenvalue weighted by Gasteiger charge is -2.03. The SMILES string of the molecule is C/C=C1/N=C(COCc2ccccc2)S/C1=N/C(C)C. The van der Waals surface area contributed by atoms with Crippen molar-refractivity contribution >= 4 is 21.8 Å². The van der Waals surface area contributed by atoms with Crippen molar-refractivity contribution in [3.63, 3.8) is 0 Å². The van der Waals surface area contributed by atoms with Gasteiger partial charge in [-0.05, 0) is 26.3 Å². The molecule has 1 aromatic carbocycles. The number of hydrogen-bond acceptors (Lipinski definition) is 4. The van der Waals surface area contributed by atoms with E-state index in [1.165, 1.54) is 5.56 Å². The monoisotopic (exact) mass is 288 g/mol. The molecule has 20 heavy (non-hydrogen) atoms. The van der Waals surface area contributed by atoms with Crippen LogP contribution in [0, 0.1) is 0 Å². The van der Waals surface area contributed by atoms with E-state index in [1.807, 2.05) is 31.2 Å². The molecule has 0 unspecified atom stereocenters. The van der Waals surface area contributed by atoms with Gasteiger partial charge in [-0.1, -0.05) is 48.2 Å². The number of hydrogen-bond donors (Lipinski definition) is 0. The molecule has 1 heterocycles. The van der Waals surface area contributed by atoms with E-state index in [2.05, 4.69) is 36.0 Å². The van der Waals surface area contributed by atoms with Gasteiger partial charge in [0, 0.05) is 6.04 Å². The van der Waals surface area contributed by atoms with Crippen LogP contribution in [0.5, 0.6) is 0 Å².